The second-order valence-electron chi connectivity index (χ2n) is 7.82. The fraction of sp³-hybridized carbons (Fsp3) is 0.867. The van der Waals surface area contributed by atoms with E-state index in [4.69, 9.17) is 27.2 Å². The van der Waals surface area contributed by atoms with Gasteiger partial charge in [-0.15, -0.1) is 0 Å². The predicted octanol–water partition coefficient (Wildman–Crippen LogP) is -3.13. The van der Waals surface area contributed by atoms with Crippen molar-refractivity contribution < 1.29 is 33.2 Å². The van der Waals surface area contributed by atoms with E-state index >= 15 is 0 Å². The second-order valence-corrected chi connectivity index (χ2v) is 9.62. The van der Waals surface area contributed by atoms with E-state index in [0.717, 1.165) is 15.0 Å². The molecular weight excluding hydrogens is 405 g/mol. The Kier molecular flexibility index (Phi) is 7.65. The molecule has 29 heavy (non-hydrogen) atoms. The third-order valence-corrected chi connectivity index (χ3v) is 7.68. The van der Waals surface area contributed by atoms with Gasteiger partial charge in [-0.1, -0.05) is 6.42 Å². The van der Waals surface area contributed by atoms with Crippen LogP contribution in [0.25, 0.3) is 0 Å². The molecule has 9 N–H and O–H groups in total. The van der Waals surface area contributed by atoms with Crippen molar-refractivity contribution in [3.63, 3.8) is 0 Å². The maximum absolute atomic E-state index is 13.3. The zero-order chi connectivity index (χ0) is 22.0. The number of rotatable bonds is 10. The zero-order valence-corrected chi connectivity index (χ0v) is 17.0. The Hall–Kier alpha value is -1.29. The molecule has 2 aliphatic rings. The molecule has 1 unspecified atom stereocenters. The lowest BCUT2D eigenvalue weighted by atomic mass is 9.78. The van der Waals surface area contributed by atoms with Gasteiger partial charge in [0.05, 0.1) is 6.04 Å². The van der Waals surface area contributed by atoms with Crippen molar-refractivity contribution in [2.45, 2.75) is 56.0 Å². The van der Waals surface area contributed by atoms with E-state index in [1.807, 2.05) is 0 Å². The first-order valence-corrected chi connectivity index (χ1v) is 11.0. The van der Waals surface area contributed by atoms with Crippen LogP contribution in [0.1, 0.15) is 32.1 Å². The Morgan fingerprint density at radius 1 is 1.31 bits per heavy atom. The molecule has 14 heteroatoms. The first-order valence-electron chi connectivity index (χ1n) is 9.62. The predicted molar refractivity (Wildman–Crippen MR) is 104 cm³/mol. The number of nitrogens with zero attached hydrogens (tertiary/aromatic N) is 2. The second kappa shape index (κ2) is 9.24. The highest BCUT2D eigenvalue weighted by Crippen LogP contribution is 2.35. The van der Waals surface area contributed by atoms with Crippen LogP contribution in [0.3, 0.4) is 0 Å². The molecule has 1 saturated heterocycles. The van der Waals surface area contributed by atoms with Gasteiger partial charge in [0.2, 0.25) is 0 Å². The normalized spacial score (nSPS) is 26.7. The summed E-state index contributed by atoms with van der Waals surface area (Å²) < 4.78 is 28.2. The van der Waals surface area contributed by atoms with Gasteiger partial charge in [-0.05, 0) is 32.0 Å². The summed E-state index contributed by atoms with van der Waals surface area (Å²) in [7, 11) is -5.90. The van der Waals surface area contributed by atoms with Crippen LogP contribution in [0.15, 0.2) is 0 Å². The van der Waals surface area contributed by atoms with Crippen LogP contribution in [-0.2, 0) is 19.8 Å². The highest BCUT2D eigenvalue weighted by molar-refractivity contribution is 7.87. The molecule has 1 aliphatic carbocycles. The SMILES string of the molecule is NCC(N)C(=O)N(C1CCC1)S(=O)(=O)N1C[C@H](CCCB(O)O)[C@](N)(C(=O)O)C1. The van der Waals surface area contributed by atoms with E-state index in [1.54, 1.807) is 0 Å². The molecule has 0 aromatic carbocycles. The summed E-state index contributed by atoms with van der Waals surface area (Å²) in [4.78, 5) is 24.4. The first-order chi connectivity index (χ1) is 13.4. The molecule has 1 aliphatic heterocycles. The number of amides is 1. The minimum Gasteiger partial charge on any atom is -0.480 e. The fourth-order valence-corrected chi connectivity index (χ4v) is 5.64. The number of carbonyl (C=O) groups excluding carboxylic acids is 1. The Labute approximate surface area is 170 Å². The summed E-state index contributed by atoms with van der Waals surface area (Å²) in [5.74, 6) is -2.93. The summed E-state index contributed by atoms with van der Waals surface area (Å²) in [6, 6.07) is -1.72. The van der Waals surface area contributed by atoms with Crippen LogP contribution >= 0.6 is 0 Å². The maximum atomic E-state index is 13.3. The number of hydrogen-bond donors (Lipinski definition) is 6. The molecule has 0 radical (unpaired) electrons. The molecule has 0 bridgehead atoms. The average molecular weight is 435 g/mol. The van der Waals surface area contributed by atoms with Crippen molar-refractivity contribution in [2.24, 2.45) is 23.1 Å². The highest BCUT2D eigenvalue weighted by Gasteiger charge is 2.55. The van der Waals surface area contributed by atoms with Gasteiger partial charge in [0.1, 0.15) is 5.54 Å². The number of carbonyl (C=O) groups is 2. The Bertz CT molecular complexity index is 720. The number of carboxylic acid groups (broad SMARTS) is 1. The minimum absolute atomic E-state index is 0.0109. The van der Waals surface area contributed by atoms with Crippen LogP contribution in [0.4, 0.5) is 0 Å². The lowest BCUT2D eigenvalue weighted by molar-refractivity contribution is -0.144. The van der Waals surface area contributed by atoms with Gasteiger partial charge in [-0.3, -0.25) is 9.59 Å². The summed E-state index contributed by atoms with van der Waals surface area (Å²) in [6.07, 6.45) is 2.22. The number of aliphatic carboxylic acids is 1. The van der Waals surface area contributed by atoms with Gasteiger partial charge in [-0.25, -0.2) is 4.31 Å². The van der Waals surface area contributed by atoms with E-state index in [9.17, 15) is 23.1 Å². The third kappa shape index (κ3) is 4.90. The molecule has 166 valence electrons. The largest absolute Gasteiger partial charge is 0.480 e. The molecule has 1 saturated carbocycles. The molecule has 0 spiro atoms. The third-order valence-electron chi connectivity index (χ3n) is 5.77. The van der Waals surface area contributed by atoms with E-state index in [0.29, 0.717) is 12.8 Å². The van der Waals surface area contributed by atoms with Crippen molar-refractivity contribution in [1.82, 2.24) is 8.61 Å². The van der Waals surface area contributed by atoms with Crippen LogP contribution in [0.2, 0.25) is 6.32 Å². The van der Waals surface area contributed by atoms with Crippen molar-refractivity contribution >= 4 is 29.2 Å². The number of carboxylic acids is 1. The quantitative estimate of drug-likeness (QED) is 0.190. The molecule has 0 aromatic heterocycles. The Morgan fingerprint density at radius 2 is 1.93 bits per heavy atom. The standard InChI is InChI=1S/C15H30BN5O7S/c17-7-12(18)13(22)21(11-4-1-5-11)29(27,28)20-8-10(3-2-6-16(25)26)15(19,9-20)14(23)24/h10-12,25-26H,1-9,17-19H2,(H,23,24)/t10-,12?,15-/m0/s1. The van der Waals surface area contributed by atoms with E-state index in [-0.39, 0.29) is 32.3 Å². The fourth-order valence-electron chi connectivity index (χ4n) is 3.70. The molecule has 0 aromatic rings. The lowest BCUT2D eigenvalue weighted by Crippen LogP contribution is -2.60. The summed E-state index contributed by atoms with van der Waals surface area (Å²) in [5.41, 5.74) is 15.3. The molecule has 12 nitrogen and oxygen atoms in total. The topological polar surface area (TPSA) is 214 Å². The molecule has 2 fully saturated rings. The summed E-state index contributed by atoms with van der Waals surface area (Å²) >= 11 is 0. The van der Waals surface area contributed by atoms with Crippen LogP contribution in [-0.4, -0.2) is 88.4 Å². The first kappa shape index (κ1) is 24.0. The van der Waals surface area contributed by atoms with Gasteiger partial charge < -0.3 is 32.4 Å². The van der Waals surface area contributed by atoms with Crippen LogP contribution < -0.4 is 17.2 Å². The van der Waals surface area contributed by atoms with E-state index < -0.39 is 59.3 Å². The van der Waals surface area contributed by atoms with Crippen molar-refractivity contribution in [3.8, 4) is 0 Å². The van der Waals surface area contributed by atoms with Crippen LogP contribution in [0, 0.1) is 5.92 Å². The molecule has 2 rings (SSSR count). The Morgan fingerprint density at radius 3 is 2.38 bits per heavy atom. The molecule has 1 heterocycles. The molecule has 3 atom stereocenters. The van der Waals surface area contributed by atoms with Gasteiger partial charge >= 0.3 is 23.3 Å². The van der Waals surface area contributed by atoms with Crippen molar-refractivity contribution in [1.29, 1.82) is 0 Å². The summed E-state index contributed by atoms with van der Waals surface area (Å²) in [5, 5.41) is 27.6. The maximum Gasteiger partial charge on any atom is 0.451 e. The number of nitrogens with two attached hydrogens (primary N) is 3. The van der Waals surface area contributed by atoms with Gasteiger partial charge in [0.25, 0.3) is 5.91 Å². The van der Waals surface area contributed by atoms with Crippen molar-refractivity contribution in [2.75, 3.05) is 19.6 Å². The van der Waals surface area contributed by atoms with Crippen molar-refractivity contribution in [3.05, 3.63) is 0 Å². The monoisotopic (exact) mass is 435 g/mol. The minimum atomic E-state index is -4.35. The summed E-state index contributed by atoms with van der Waals surface area (Å²) in [6.45, 7) is -0.911. The molecular formula is C15H30BN5O7S. The lowest BCUT2D eigenvalue weighted by Gasteiger charge is -2.39. The average Bonchev–Trinajstić information content (AvgIpc) is 2.95. The van der Waals surface area contributed by atoms with Gasteiger partial charge in [-0.2, -0.15) is 12.7 Å². The van der Waals surface area contributed by atoms with E-state index in [1.165, 1.54) is 0 Å². The zero-order valence-electron chi connectivity index (χ0n) is 16.2. The smallest absolute Gasteiger partial charge is 0.451 e. The Balaban J connectivity index is 2.27. The van der Waals surface area contributed by atoms with E-state index in [2.05, 4.69) is 0 Å². The highest BCUT2D eigenvalue weighted by atomic mass is 32.2. The van der Waals surface area contributed by atoms with Crippen LogP contribution in [0.5, 0.6) is 0 Å². The number of hydrogen-bond acceptors (Lipinski definition) is 9. The van der Waals surface area contributed by atoms with Gasteiger partial charge in [0, 0.05) is 31.6 Å². The van der Waals surface area contributed by atoms with Gasteiger partial charge in [0.15, 0.2) is 0 Å². The molecule has 1 amide bonds.